The highest BCUT2D eigenvalue weighted by molar-refractivity contribution is 7.89. The number of carbonyl (C=O) groups excluding carboxylic acids is 1. The Labute approximate surface area is 138 Å². The Morgan fingerprint density at radius 2 is 1.65 bits per heavy atom. The van der Waals surface area contributed by atoms with Crippen molar-refractivity contribution >= 4 is 15.9 Å². The van der Waals surface area contributed by atoms with Gasteiger partial charge in [-0.1, -0.05) is 0 Å². The van der Waals surface area contributed by atoms with E-state index in [0.29, 0.717) is 36.6 Å². The molecule has 128 valence electrons. The molecule has 2 rings (SSSR count). The molecule has 0 aromatic heterocycles. The third-order valence-electron chi connectivity index (χ3n) is 4.48. The van der Waals surface area contributed by atoms with Crippen LogP contribution in [-0.4, -0.2) is 56.8 Å². The van der Waals surface area contributed by atoms with Gasteiger partial charge in [0.25, 0.3) is 0 Å². The molecule has 0 unspecified atom stereocenters. The monoisotopic (exact) mass is 340 g/mol. The highest BCUT2D eigenvalue weighted by atomic mass is 32.2. The zero-order chi connectivity index (χ0) is 17.4. The van der Waals surface area contributed by atoms with Gasteiger partial charge in [0.15, 0.2) is 0 Å². The first kappa shape index (κ1) is 17.7. The Morgan fingerprint density at radius 3 is 2.13 bits per heavy atom. The van der Waals surface area contributed by atoms with Crippen molar-refractivity contribution in [3.63, 3.8) is 0 Å². The maximum absolute atomic E-state index is 13.0. The van der Waals surface area contributed by atoms with Gasteiger partial charge in [0.05, 0.1) is 12.0 Å². The molecule has 1 heterocycles. The van der Waals surface area contributed by atoms with Crippen molar-refractivity contribution in [3.05, 3.63) is 22.8 Å². The number of amides is 1. The maximum atomic E-state index is 13.0. The van der Waals surface area contributed by atoms with Crippen molar-refractivity contribution in [1.29, 1.82) is 0 Å². The third kappa shape index (κ3) is 3.21. The minimum absolute atomic E-state index is 0.0191. The maximum Gasteiger partial charge on any atom is 0.243 e. The fourth-order valence-corrected chi connectivity index (χ4v) is 4.77. The molecule has 0 bridgehead atoms. The average Bonchev–Trinajstić information content (AvgIpc) is 2.51. The number of hydrogen-bond donors (Lipinski definition) is 0. The molecule has 7 heteroatoms. The van der Waals surface area contributed by atoms with Crippen LogP contribution in [0.25, 0.3) is 0 Å². The minimum atomic E-state index is -3.57. The lowest BCUT2D eigenvalue weighted by Crippen LogP contribution is -2.50. The van der Waals surface area contributed by atoms with Gasteiger partial charge in [0, 0.05) is 33.1 Å². The number of carbonyl (C=O) groups is 1. The molecular weight excluding hydrogens is 316 g/mol. The van der Waals surface area contributed by atoms with Crippen molar-refractivity contribution < 1.29 is 17.9 Å². The van der Waals surface area contributed by atoms with Crippen LogP contribution < -0.4 is 4.74 Å². The van der Waals surface area contributed by atoms with Crippen LogP contribution in [0.1, 0.15) is 23.6 Å². The smallest absolute Gasteiger partial charge is 0.243 e. The number of piperazine rings is 1. The van der Waals surface area contributed by atoms with E-state index in [0.717, 1.165) is 16.9 Å². The van der Waals surface area contributed by atoms with E-state index in [1.165, 1.54) is 11.2 Å². The van der Waals surface area contributed by atoms with Gasteiger partial charge in [-0.05, 0) is 43.5 Å². The molecule has 1 aliphatic heterocycles. The van der Waals surface area contributed by atoms with E-state index in [1.807, 2.05) is 13.8 Å². The molecule has 23 heavy (non-hydrogen) atoms. The van der Waals surface area contributed by atoms with Gasteiger partial charge in [-0.2, -0.15) is 4.31 Å². The Morgan fingerprint density at radius 1 is 1.09 bits per heavy atom. The van der Waals surface area contributed by atoms with Crippen LogP contribution in [0.15, 0.2) is 11.0 Å². The number of benzene rings is 1. The molecule has 1 aromatic carbocycles. The topological polar surface area (TPSA) is 66.9 Å². The second kappa shape index (κ2) is 6.49. The average molecular weight is 340 g/mol. The van der Waals surface area contributed by atoms with Gasteiger partial charge >= 0.3 is 0 Å². The number of rotatable bonds is 3. The fourth-order valence-electron chi connectivity index (χ4n) is 2.99. The van der Waals surface area contributed by atoms with Gasteiger partial charge in [-0.25, -0.2) is 8.42 Å². The lowest BCUT2D eigenvalue weighted by atomic mass is 10.1. The molecule has 0 spiro atoms. The lowest BCUT2D eigenvalue weighted by molar-refractivity contribution is -0.129. The van der Waals surface area contributed by atoms with Crippen molar-refractivity contribution in [2.75, 3.05) is 33.3 Å². The highest BCUT2D eigenvalue weighted by Crippen LogP contribution is 2.32. The molecule has 0 aliphatic carbocycles. The summed E-state index contributed by atoms with van der Waals surface area (Å²) in [5, 5.41) is 0. The second-order valence-corrected chi connectivity index (χ2v) is 7.79. The molecule has 1 saturated heterocycles. The predicted molar refractivity (Wildman–Crippen MR) is 88.2 cm³/mol. The molecule has 6 nitrogen and oxygen atoms in total. The number of aryl methyl sites for hydroxylation is 1. The lowest BCUT2D eigenvalue weighted by Gasteiger charge is -2.34. The van der Waals surface area contributed by atoms with Crippen LogP contribution in [-0.2, 0) is 14.8 Å². The van der Waals surface area contributed by atoms with Crippen LogP contribution in [0.3, 0.4) is 0 Å². The fraction of sp³-hybridized carbons (Fsp3) is 0.562. The van der Waals surface area contributed by atoms with E-state index in [2.05, 4.69) is 0 Å². The first-order chi connectivity index (χ1) is 10.7. The first-order valence-corrected chi connectivity index (χ1v) is 9.04. The minimum Gasteiger partial charge on any atom is -0.496 e. The molecular formula is C16H24N2O4S. The highest BCUT2D eigenvalue weighted by Gasteiger charge is 2.31. The second-order valence-electron chi connectivity index (χ2n) is 5.89. The van der Waals surface area contributed by atoms with Gasteiger partial charge < -0.3 is 9.64 Å². The van der Waals surface area contributed by atoms with Crippen molar-refractivity contribution in [2.24, 2.45) is 0 Å². The van der Waals surface area contributed by atoms with E-state index in [1.54, 1.807) is 25.0 Å². The summed E-state index contributed by atoms with van der Waals surface area (Å²) in [5.41, 5.74) is 2.35. The number of hydrogen-bond acceptors (Lipinski definition) is 4. The largest absolute Gasteiger partial charge is 0.496 e. The summed E-state index contributed by atoms with van der Waals surface area (Å²) in [6, 6.07) is 1.67. The Hall–Kier alpha value is -1.60. The van der Waals surface area contributed by atoms with Gasteiger partial charge in [0.1, 0.15) is 5.75 Å². The van der Waals surface area contributed by atoms with Crippen LogP contribution in [0.4, 0.5) is 0 Å². The Balaban J connectivity index is 2.36. The molecule has 0 radical (unpaired) electrons. The van der Waals surface area contributed by atoms with E-state index in [4.69, 9.17) is 4.74 Å². The summed E-state index contributed by atoms with van der Waals surface area (Å²) in [5.74, 6) is 0.706. The Bertz CT molecular complexity index is 720. The quantitative estimate of drug-likeness (QED) is 0.836. The van der Waals surface area contributed by atoms with Gasteiger partial charge in [-0.15, -0.1) is 0 Å². The Kier molecular flexibility index (Phi) is 5.01. The molecule has 0 N–H and O–H groups in total. The summed E-state index contributed by atoms with van der Waals surface area (Å²) >= 11 is 0. The number of sulfonamides is 1. The third-order valence-corrected chi connectivity index (χ3v) is 6.51. The van der Waals surface area contributed by atoms with E-state index in [9.17, 15) is 13.2 Å². The number of nitrogens with zero attached hydrogens (tertiary/aromatic N) is 2. The van der Waals surface area contributed by atoms with Gasteiger partial charge in [0.2, 0.25) is 15.9 Å². The normalized spacial score (nSPS) is 16.5. The standard InChI is InChI=1S/C16H24N2O4S/c1-11-10-15(12(2)13(3)16(11)22-5)23(20,21)18-8-6-17(7-9-18)14(4)19/h10H,6-9H2,1-5H3. The van der Waals surface area contributed by atoms with Crippen molar-refractivity contribution in [2.45, 2.75) is 32.6 Å². The zero-order valence-electron chi connectivity index (χ0n) is 14.3. The van der Waals surface area contributed by atoms with E-state index in [-0.39, 0.29) is 5.91 Å². The summed E-state index contributed by atoms with van der Waals surface area (Å²) in [6.07, 6.45) is 0. The van der Waals surface area contributed by atoms with E-state index >= 15 is 0 Å². The number of ether oxygens (including phenoxy) is 1. The van der Waals surface area contributed by atoms with Crippen LogP contribution in [0.2, 0.25) is 0 Å². The van der Waals surface area contributed by atoms with Gasteiger partial charge in [-0.3, -0.25) is 4.79 Å². The molecule has 1 amide bonds. The number of methoxy groups -OCH3 is 1. The summed E-state index contributed by atoms with van der Waals surface area (Å²) in [4.78, 5) is 13.4. The SMILES string of the molecule is COc1c(C)cc(S(=O)(=O)N2CCN(C(C)=O)CC2)c(C)c1C. The predicted octanol–water partition coefficient (Wildman–Crippen LogP) is 1.47. The summed E-state index contributed by atoms with van der Waals surface area (Å²) in [7, 11) is -1.98. The van der Waals surface area contributed by atoms with Crippen molar-refractivity contribution in [3.8, 4) is 5.75 Å². The molecule has 0 atom stereocenters. The molecule has 1 aliphatic rings. The first-order valence-electron chi connectivity index (χ1n) is 7.60. The summed E-state index contributed by atoms with van der Waals surface area (Å²) < 4.78 is 32.8. The van der Waals surface area contributed by atoms with E-state index < -0.39 is 10.0 Å². The molecule has 1 fully saturated rings. The van der Waals surface area contributed by atoms with Crippen LogP contribution >= 0.6 is 0 Å². The van der Waals surface area contributed by atoms with Crippen LogP contribution in [0.5, 0.6) is 5.75 Å². The van der Waals surface area contributed by atoms with Crippen LogP contribution in [0, 0.1) is 20.8 Å². The van der Waals surface area contributed by atoms with Crippen molar-refractivity contribution in [1.82, 2.24) is 9.21 Å². The zero-order valence-corrected chi connectivity index (χ0v) is 15.2. The molecule has 0 saturated carbocycles. The molecule has 1 aromatic rings. The summed E-state index contributed by atoms with van der Waals surface area (Å²) in [6.45, 7) is 8.53.